The number of aromatic nitrogens is 3. The molecule has 0 aromatic carbocycles. The molecule has 0 saturated carbocycles. The van der Waals surface area contributed by atoms with E-state index in [1.54, 1.807) is 13.3 Å². The first kappa shape index (κ1) is 15.2. The summed E-state index contributed by atoms with van der Waals surface area (Å²) in [5.41, 5.74) is 2.90. The Bertz CT molecular complexity index is 613. The maximum absolute atomic E-state index is 5.25. The lowest BCUT2D eigenvalue weighted by Gasteiger charge is -2.13. The first-order valence-corrected chi connectivity index (χ1v) is 7.30. The molecule has 2 aromatic rings. The molecule has 0 saturated heterocycles. The minimum absolute atomic E-state index is 0.729. The number of methoxy groups -OCH3 is 1. The highest BCUT2D eigenvalue weighted by Gasteiger charge is 2.13. The number of pyridine rings is 1. The van der Waals surface area contributed by atoms with E-state index in [1.807, 2.05) is 19.2 Å². The molecule has 0 bridgehead atoms. The Hall–Kier alpha value is -2.17. The lowest BCUT2D eigenvalue weighted by Crippen LogP contribution is -2.08. The van der Waals surface area contributed by atoms with Gasteiger partial charge in [-0.25, -0.2) is 9.97 Å². The van der Waals surface area contributed by atoms with Crippen molar-refractivity contribution in [2.45, 2.75) is 33.6 Å². The number of nitrogens with one attached hydrogen (secondary N) is 1. The summed E-state index contributed by atoms with van der Waals surface area (Å²) in [6, 6.07) is 1.95. The van der Waals surface area contributed by atoms with Gasteiger partial charge < -0.3 is 10.1 Å². The van der Waals surface area contributed by atoms with Crippen molar-refractivity contribution in [1.82, 2.24) is 15.0 Å². The maximum Gasteiger partial charge on any atom is 0.137 e. The normalized spacial score (nSPS) is 10.5. The number of hydrogen-bond donors (Lipinski definition) is 1. The van der Waals surface area contributed by atoms with Gasteiger partial charge in [-0.05, 0) is 26.3 Å². The van der Waals surface area contributed by atoms with Crippen LogP contribution in [-0.2, 0) is 6.42 Å². The van der Waals surface area contributed by atoms with Crippen molar-refractivity contribution in [1.29, 1.82) is 0 Å². The molecule has 0 aliphatic rings. The molecule has 2 aromatic heterocycles. The molecule has 0 unspecified atom stereocenters. The van der Waals surface area contributed by atoms with Crippen LogP contribution in [0.25, 0.3) is 11.3 Å². The van der Waals surface area contributed by atoms with Crippen LogP contribution >= 0.6 is 0 Å². The van der Waals surface area contributed by atoms with Gasteiger partial charge in [-0.15, -0.1) is 0 Å². The SMILES string of the molecule is CCCc1nc(NCC)c(C)c(-c2cncc(OC)c2)n1. The van der Waals surface area contributed by atoms with Gasteiger partial charge in [-0.2, -0.15) is 0 Å². The zero-order valence-electron chi connectivity index (χ0n) is 13.1. The third-order valence-electron chi connectivity index (χ3n) is 3.23. The third-order valence-corrected chi connectivity index (χ3v) is 3.23. The van der Waals surface area contributed by atoms with Crippen molar-refractivity contribution in [3.63, 3.8) is 0 Å². The Morgan fingerprint density at radius 1 is 1.19 bits per heavy atom. The van der Waals surface area contributed by atoms with E-state index in [-0.39, 0.29) is 0 Å². The molecule has 0 amide bonds. The molecule has 2 rings (SSSR count). The summed E-state index contributed by atoms with van der Waals surface area (Å²) in [6.07, 6.45) is 5.38. The highest BCUT2D eigenvalue weighted by molar-refractivity contribution is 5.68. The lowest BCUT2D eigenvalue weighted by atomic mass is 10.1. The van der Waals surface area contributed by atoms with Crippen molar-refractivity contribution >= 4 is 5.82 Å². The number of ether oxygens (including phenoxy) is 1. The fourth-order valence-electron chi connectivity index (χ4n) is 2.18. The molecule has 2 heterocycles. The van der Waals surface area contributed by atoms with E-state index in [0.717, 1.165) is 53.6 Å². The minimum Gasteiger partial charge on any atom is -0.495 e. The number of nitrogens with zero attached hydrogens (tertiary/aromatic N) is 3. The number of aryl methyl sites for hydroxylation is 1. The number of hydrogen-bond acceptors (Lipinski definition) is 5. The smallest absolute Gasteiger partial charge is 0.137 e. The molecule has 5 nitrogen and oxygen atoms in total. The largest absolute Gasteiger partial charge is 0.495 e. The van der Waals surface area contributed by atoms with Crippen molar-refractivity contribution in [2.24, 2.45) is 0 Å². The summed E-state index contributed by atoms with van der Waals surface area (Å²) in [7, 11) is 1.64. The summed E-state index contributed by atoms with van der Waals surface area (Å²) in [5.74, 6) is 2.48. The van der Waals surface area contributed by atoms with Crippen molar-refractivity contribution in [3.8, 4) is 17.0 Å². The number of rotatable bonds is 6. The fourth-order valence-corrected chi connectivity index (χ4v) is 2.18. The van der Waals surface area contributed by atoms with Crippen molar-refractivity contribution in [3.05, 3.63) is 29.8 Å². The molecule has 0 atom stereocenters. The van der Waals surface area contributed by atoms with E-state index >= 15 is 0 Å². The molecule has 1 N–H and O–H groups in total. The molecule has 112 valence electrons. The summed E-state index contributed by atoms with van der Waals surface area (Å²) in [4.78, 5) is 13.5. The average molecular weight is 286 g/mol. The molecular weight excluding hydrogens is 264 g/mol. The summed E-state index contributed by atoms with van der Waals surface area (Å²) < 4.78 is 5.25. The van der Waals surface area contributed by atoms with Gasteiger partial charge in [-0.3, -0.25) is 4.98 Å². The van der Waals surface area contributed by atoms with Gasteiger partial charge in [-0.1, -0.05) is 6.92 Å². The second kappa shape index (κ2) is 7.02. The van der Waals surface area contributed by atoms with Gasteiger partial charge >= 0.3 is 0 Å². The second-order valence-electron chi connectivity index (χ2n) is 4.86. The van der Waals surface area contributed by atoms with Gasteiger partial charge in [0.15, 0.2) is 0 Å². The lowest BCUT2D eigenvalue weighted by molar-refractivity contribution is 0.413. The molecule has 0 spiro atoms. The van der Waals surface area contributed by atoms with Crippen LogP contribution in [0.2, 0.25) is 0 Å². The van der Waals surface area contributed by atoms with E-state index < -0.39 is 0 Å². The average Bonchev–Trinajstić information content (AvgIpc) is 2.51. The maximum atomic E-state index is 5.25. The highest BCUT2D eigenvalue weighted by Crippen LogP contribution is 2.27. The predicted octanol–water partition coefficient (Wildman–Crippen LogP) is 3.24. The molecule has 0 aliphatic carbocycles. The predicted molar refractivity (Wildman–Crippen MR) is 84.7 cm³/mol. The monoisotopic (exact) mass is 286 g/mol. The number of anilines is 1. The minimum atomic E-state index is 0.729. The van der Waals surface area contributed by atoms with Crippen LogP contribution in [0.1, 0.15) is 31.7 Å². The van der Waals surface area contributed by atoms with Gasteiger partial charge in [0.1, 0.15) is 17.4 Å². The van der Waals surface area contributed by atoms with Crippen LogP contribution < -0.4 is 10.1 Å². The van der Waals surface area contributed by atoms with Crippen molar-refractivity contribution < 1.29 is 4.74 Å². The summed E-state index contributed by atoms with van der Waals surface area (Å²) >= 11 is 0. The standard InChI is InChI=1S/C16H22N4O/c1-5-7-14-19-15(11(3)16(20-14)18-6-2)12-8-13(21-4)10-17-9-12/h8-10H,5-7H2,1-4H3,(H,18,19,20). The molecular formula is C16H22N4O. The Kier molecular flexibility index (Phi) is 5.09. The third kappa shape index (κ3) is 3.48. The summed E-state index contributed by atoms with van der Waals surface area (Å²) in [6.45, 7) is 7.05. The zero-order valence-corrected chi connectivity index (χ0v) is 13.1. The molecule has 5 heteroatoms. The molecule has 0 aliphatic heterocycles. The first-order chi connectivity index (χ1) is 10.2. The second-order valence-corrected chi connectivity index (χ2v) is 4.86. The van der Waals surface area contributed by atoms with E-state index in [0.29, 0.717) is 0 Å². The molecule has 0 radical (unpaired) electrons. The van der Waals surface area contributed by atoms with Crippen LogP contribution in [0.5, 0.6) is 5.75 Å². The van der Waals surface area contributed by atoms with Gasteiger partial charge in [0.25, 0.3) is 0 Å². The van der Waals surface area contributed by atoms with Crippen molar-refractivity contribution in [2.75, 3.05) is 19.0 Å². The van der Waals surface area contributed by atoms with Gasteiger partial charge in [0.05, 0.1) is 19.0 Å². The Morgan fingerprint density at radius 3 is 2.67 bits per heavy atom. The van der Waals surface area contributed by atoms with Crippen LogP contribution in [-0.4, -0.2) is 28.6 Å². The first-order valence-electron chi connectivity index (χ1n) is 7.30. The zero-order chi connectivity index (χ0) is 15.2. The summed E-state index contributed by atoms with van der Waals surface area (Å²) in [5, 5.41) is 3.31. The van der Waals surface area contributed by atoms with Crippen LogP contribution in [0.3, 0.4) is 0 Å². The Morgan fingerprint density at radius 2 is 2.00 bits per heavy atom. The van der Waals surface area contributed by atoms with E-state index in [1.165, 1.54) is 0 Å². The highest BCUT2D eigenvalue weighted by atomic mass is 16.5. The fraction of sp³-hybridized carbons (Fsp3) is 0.438. The van der Waals surface area contributed by atoms with Gasteiger partial charge in [0, 0.05) is 30.3 Å². The topological polar surface area (TPSA) is 59.9 Å². The Labute approximate surface area is 125 Å². The van der Waals surface area contributed by atoms with Crippen LogP contribution in [0, 0.1) is 6.92 Å². The van der Waals surface area contributed by atoms with Gasteiger partial charge in [0.2, 0.25) is 0 Å². The molecule has 21 heavy (non-hydrogen) atoms. The van der Waals surface area contributed by atoms with Crippen LogP contribution in [0.4, 0.5) is 5.82 Å². The Balaban J connectivity index is 2.54. The quantitative estimate of drug-likeness (QED) is 0.883. The van der Waals surface area contributed by atoms with E-state index in [2.05, 4.69) is 29.1 Å². The van der Waals surface area contributed by atoms with E-state index in [9.17, 15) is 0 Å². The van der Waals surface area contributed by atoms with Crippen LogP contribution in [0.15, 0.2) is 18.5 Å². The molecule has 0 fully saturated rings. The van der Waals surface area contributed by atoms with E-state index in [4.69, 9.17) is 9.72 Å².